The lowest BCUT2D eigenvalue weighted by atomic mass is 10.3. The van der Waals surface area contributed by atoms with Gasteiger partial charge in [0.1, 0.15) is 0 Å². The highest BCUT2D eigenvalue weighted by molar-refractivity contribution is 7.71. The van der Waals surface area contributed by atoms with E-state index in [1.165, 1.54) is 19.2 Å². The van der Waals surface area contributed by atoms with Crippen molar-refractivity contribution in [3.63, 3.8) is 0 Å². The molecule has 1 aromatic heterocycles. The van der Waals surface area contributed by atoms with Gasteiger partial charge in [-0.05, 0) is 0 Å². The number of hydrogen-bond acceptors (Lipinski definition) is 6. The van der Waals surface area contributed by atoms with Crippen LogP contribution in [-0.2, 0) is 0 Å². The Morgan fingerprint density at radius 1 is 1.40 bits per heavy atom. The van der Waals surface area contributed by atoms with Crippen LogP contribution in [0.25, 0.3) is 11.2 Å². The monoisotopic (exact) mass is 227 g/mol. The molecule has 0 N–H and O–H groups in total. The quantitative estimate of drug-likeness (QED) is 0.445. The van der Waals surface area contributed by atoms with Gasteiger partial charge >= 0.3 is 10.6 Å². The fourth-order valence-corrected chi connectivity index (χ4v) is 1.38. The minimum atomic E-state index is -0.566. The van der Waals surface area contributed by atoms with Crippen molar-refractivity contribution in [3.05, 3.63) is 27.2 Å². The first kappa shape index (κ1) is 9.66. The molecule has 0 bridgehead atoms. The summed E-state index contributed by atoms with van der Waals surface area (Å²) in [7, 11) is 1.34. The molecule has 78 valence electrons. The molecular formula is C8H5NO5S. The topological polar surface area (TPSA) is 78.7 Å². The summed E-state index contributed by atoms with van der Waals surface area (Å²) in [6.07, 6.45) is 0. The molecule has 2 aromatic rings. The summed E-state index contributed by atoms with van der Waals surface area (Å²) in [6, 6.07) is 2.58. The van der Waals surface area contributed by atoms with Crippen molar-refractivity contribution in [3.8, 4) is 5.75 Å². The van der Waals surface area contributed by atoms with Crippen molar-refractivity contribution in [2.75, 3.05) is 7.11 Å². The van der Waals surface area contributed by atoms with E-state index in [9.17, 15) is 10.1 Å². The first-order valence-electron chi connectivity index (χ1n) is 3.88. The summed E-state index contributed by atoms with van der Waals surface area (Å²) in [4.78, 5) is 10.0. The summed E-state index contributed by atoms with van der Waals surface area (Å²) in [5.41, 5.74) is 0.361. The van der Waals surface area contributed by atoms with E-state index in [0.717, 1.165) is 0 Å². The van der Waals surface area contributed by atoms with E-state index in [1.54, 1.807) is 0 Å². The summed E-state index contributed by atoms with van der Waals surface area (Å²) in [6.45, 7) is 0. The highest BCUT2D eigenvalue weighted by Crippen LogP contribution is 2.32. The third-order valence-electron chi connectivity index (χ3n) is 1.83. The van der Waals surface area contributed by atoms with Gasteiger partial charge in [-0.25, -0.2) is 0 Å². The summed E-state index contributed by atoms with van der Waals surface area (Å²) >= 11 is 4.66. The Labute approximate surface area is 88.2 Å². The maximum Gasteiger partial charge on any atom is 0.363 e. The minimum Gasteiger partial charge on any atom is -0.490 e. The van der Waals surface area contributed by atoms with Crippen LogP contribution in [0.2, 0.25) is 0 Å². The number of rotatable bonds is 2. The smallest absolute Gasteiger partial charge is 0.363 e. The van der Waals surface area contributed by atoms with Gasteiger partial charge in [0.05, 0.1) is 18.1 Å². The molecule has 15 heavy (non-hydrogen) atoms. The number of nitrogens with zero attached hydrogens (tertiary/aromatic N) is 1. The second-order valence-electron chi connectivity index (χ2n) is 2.68. The predicted octanol–water partition coefficient (Wildman–Crippen LogP) is 2.67. The van der Waals surface area contributed by atoms with Crippen LogP contribution in [0.15, 0.2) is 21.0 Å². The van der Waals surface area contributed by atoms with E-state index in [4.69, 9.17) is 13.6 Å². The molecule has 0 spiro atoms. The van der Waals surface area contributed by atoms with E-state index in [2.05, 4.69) is 12.2 Å². The van der Waals surface area contributed by atoms with Gasteiger partial charge in [-0.3, -0.25) is 10.1 Å². The standard InChI is InChI=1S/C8H5NO5S/c1-12-5-3-7-6(13-8(15)14-7)2-4(5)9(10)11/h2-3H,1H3. The van der Waals surface area contributed by atoms with Gasteiger partial charge in [-0.1, -0.05) is 0 Å². The number of nitro groups is 1. The first-order valence-corrected chi connectivity index (χ1v) is 4.28. The SMILES string of the molecule is COc1cc2oc(=S)oc2cc1[N+](=O)[O-]. The predicted molar refractivity (Wildman–Crippen MR) is 52.5 cm³/mol. The Bertz CT molecular complexity index is 584. The number of benzene rings is 1. The third kappa shape index (κ3) is 1.57. The summed E-state index contributed by atoms with van der Waals surface area (Å²) in [5, 5.41) is 10.7. The number of fused-ring (bicyclic) bond motifs is 1. The molecule has 1 aromatic carbocycles. The third-order valence-corrected chi connectivity index (χ3v) is 2.00. The van der Waals surface area contributed by atoms with Crippen molar-refractivity contribution >= 4 is 29.1 Å². The Hall–Kier alpha value is -1.89. The molecular weight excluding hydrogens is 222 g/mol. The molecule has 0 aliphatic rings. The Balaban J connectivity index is 2.79. The zero-order chi connectivity index (χ0) is 11.0. The summed E-state index contributed by atoms with van der Waals surface area (Å²) in [5.74, 6) is 0.104. The van der Waals surface area contributed by atoms with E-state index in [1.807, 2.05) is 0 Å². The van der Waals surface area contributed by atoms with E-state index >= 15 is 0 Å². The normalized spacial score (nSPS) is 10.5. The van der Waals surface area contributed by atoms with E-state index < -0.39 is 4.92 Å². The van der Waals surface area contributed by atoms with Crippen molar-refractivity contribution in [2.24, 2.45) is 0 Å². The molecule has 0 amide bonds. The lowest BCUT2D eigenvalue weighted by molar-refractivity contribution is -0.385. The Morgan fingerprint density at radius 3 is 2.53 bits per heavy atom. The van der Waals surface area contributed by atoms with Crippen molar-refractivity contribution in [2.45, 2.75) is 0 Å². The van der Waals surface area contributed by atoms with Crippen molar-refractivity contribution in [1.29, 1.82) is 0 Å². The van der Waals surface area contributed by atoms with Gasteiger partial charge in [0.15, 0.2) is 11.2 Å². The van der Waals surface area contributed by atoms with Crippen LogP contribution in [0.5, 0.6) is 5.75 Å². The maximum absolute atomic E-state index is 10.7. The Morgan fingerprint density at radius 2 is 2.00 bits per heavy atom. The van der Waals surface area contributed by atoms with Crippen LogP contribution in [0.3, 0.4) is 0 Å². The van der Waals surface area contributed by atoms with Gasteiger partial charge in [-0.2, -0.15) is 0 Å². The van der Waals surface area contributed by atoms with E-state index in [0.29, 0.717) is 5.58 Å². The summed E-state index contributed by atoms with van der Waals surface area (Å²) < 4.78 is 14.8. The molecule has 1 heterocycles. The molecule has 0 atom stereocenters. The van der Waals surface area contributed by atoms with Crippen molar-refractivity contribution in [1.82, 2.24) is 0 Å². The molecule has 0 radical (unpaired) electrons. The molecule has 6 nitrogen and oxygen atoms in total. The molecule has 0 saturated carbocycles. The maximum atomic E-state index is 10.7. The average Bonchev–Trinajstić information content (AvgIpc) is 2.54. The molecule has 0 unspecified atom stereocenters. The molecule has 7 heteroatoms. The van der Waals surface area contributed by atoms with Crippen LogP contribution >= 0.6 is 12.2 Å². The van der Waals surface area contributed by atoms with Crippen LogP contribution in [0.1, 0.15) is 0 Å². The fourth-order valence-electron chi connectivity index (χ4n) is 1.20. The van der Waals surface area contributed by atoms with Gasteiger partial charge in [0.25, 0.3) is 0 Å². The molecule has 0 saturated heterocycles. The zero-order valence-corrected chi connectivity index (χ0v) is 8.37. The van der Waals surface area contributed by atoms with Crippen LogP contribution in [0.4, 0.5) is 5.69 Å². The largest absolute Gasteiger partial charge is 0.490 e. The van der Waals surface area contributed by atoms with Crippen LogP contribution in [0, 0.1) is 15.0 Å². The average molecular weight is 227 g/mol. The number of nitro benzene ring substituents is 1. The highest BCUT2D eigenvalue weighted by atomic mass is 32.1. The Kier molecular flexibility index (Phi) is 2.16. The van der Waals surface area contributed by atoms with Gasteiger partial charge in [0, 0.05) is 18.3 Å². The van der Waals surface area contributed by atoms with Gasteiger partial charge in [0.2, 0.25) is 5.75 Å². The fraction of sp³-hybridized carbons (Fsp3) is 0.125. The number of methoxy groups -OCH3 is 1. The zero-order valence-electron chi connectivity index (χ0n) is 7.55. The second kappa shape index (κ2) is 3.35. The number of hydrogen-bond donors (Lipinski definition) is 0. The lowest BCUT2D eigenvalue weighted by Crippen LogP contribution is -1.92. The van der Waals surface area contributed by atoms with Gasteiger partial charge < -0.3 is 13.6 Å². The number of ether oxygens (including phenoxy) is 1. The first-order chi connectivity index (χ1) is 7.11. The lowest BCUT2D eigenvalue weighted by Gasteiger charge is -1.99. The van der Waals surface area contributed by atoms with Gasteiger partial charge in [-0.15, -0.1) is 0 Å². The highest BCUT2D eigenvalue weighted by Gasteiger charge is 2.18. The molecule has 2 rings (SSSR count). The molecule has 0 aliphatic heterocycles. The van der Waals surface area contributed by atoms with Crippen LogP contribution in [-0.4, -0.2) is 12.0 Å². The molecule has 0 fully saturated rings. The minimum absolute atomic E-state index is 0.0763. The molecule has 0 aliphatic carbocycles. The van der Waals surface area contributed by atoms with Crippen LogP contribution < -0.4 is 4.74 Å². The second-order valence-corrected chi connectivity index (χ2v) is 3.02. The van der Waals surface area contributed by atoms with E-state index in [-0.39, 0.29) is 21.9 Å². The van der Waals surface area contributed by atoms with Crippen molar-refractivity contribution < 1.29 is 18.5 Å².